The molecule has 2 heterocycles. The van der Waals surface area contributed by atoms with Gasteiger partial charge < -0.3 is 34.0 Å². The number of aromatic amines is 1. The van der Waals surface area contributed by atoms with Gasteiger partial charge in [0.25, 0.3) is 11.5 Å². The standard InChI is InChI=1S/C35H46N4O9/c1-10-11-15-39(32(43)44-9)30(41)28(33(2,3)4)38-31(42)46-20-34(5,6)19-45-22-14-12-13-21(16-22)27-29(40)37-24-18-26-25(17-23(24)36-27)47-35(7,8)48-26/h12-14,16-18,28H,10-11,15,19-20H2,1-9H3,(H,37,40)(H,38,42)/t28-/m1/s1. The van der Waals surface area contributed by atoms with Gasteiger partial charge in [0.1, 0.15) is 24.1 Å². The zero-order chi connectivity index (χ0) is 35.4. The second kappa shape index (κ2) is 14.1. The lowest BCUT2D eigenvalue weighted by Crippen LogP contribution is -2.56. The van der Waals surface area contributed by atoms with Crippen LogP contribution in [0.5, 0.6) is 17.2 Å². The van der Waals surface area contributed by atoms with Crippen LogP contribution in [0, 0.1) is 10.8 Å². The number of unbranched alkanes of at least 4 members (excludes halogenated alkanes) is 1. The maximum absolute atomic E-state index is 13.4. The summed E-state index contributed by atoms with van der Waals surface area (Å²) in [5.41, 5.74) is 0.111. The largest absolute Gasteiger partial charge is 0.493 e. The summed E-state index contributed by atoms with van der Waals surface area (Å²) in [6.07, 6.45) is -0.215. The van der Waals surface area contributed by atoms with Crippen LogP contribution in [0.2, 0.25) is 0 Å². The number of carbonyl (C=O) groups is 3. The molecule has 0 saturated carbocycles. The molecule has 13 heteroatoms. The van der Waals surface area contributed by atoms with Crippen molar-refractivity contribution in [3.63, 3.8) is 0 Å². The summed E-state index contributed by atoms with van der Waals surface area (Å²) in [7, 11) is 1.21. The Kier molecular flexibility index (Phi) is 10.6. The van der Waals surface area contributed by atoms with Crippen LogP contribution >= 0.6 is 0 Å². The van der Waals surface area contributed by atoms with Gasteiger partial charge in [-0.25, -0.2) is 19.5 Å². The normalized spacial score (nSPS) is 14.3. The molecule has 0 fully saturated rings. The van der Waals surface area contributed by atoms with Gasteiger partial charge in [0, 0.05) is 43.5 Å². The third kappa shape index (κ3) is 8.75. The molecular formula is C35H46N4O9. The van der Waals surface area contributed by atoms with E-state index in [0.717, 1.165) is 11.3 Å². The number of rotatable bonds is 11. The number of nitrogens with zero attached hydrogens (tertiary/aromatic N) is 2. The van der Waals surface area contributed by atoms with E-state index < -0.39 is 40.8 Å². The van der Waals surface area contributed by atoms with Gasteiger partial charge in [0.05, 0.1) is 24.8 Å². The number of carbonyl (C=O) groups excluding carboxylic acids is 3. The molecule has 0 saturated heterocycles. The summed E-state index contributed by atoms with van der Waals surface area (Å²) in [5, 5.41) is 2.64. The smallest absolute Gasteiger partial charge is 0.416 e. The van der Waals surface area contributed by atoms with Crippen LogP contribution in [0.25, 0.3) is 22.3 Å². The molecule has 1 aliphatic rings. The molecule has 4 rings (SSSR count). The van der Waals surface area contributed by atoms with Crippen molar-refractivity contribution in [3.8, 4) is 28.5 Å². The lowest BCUT2D eigenvalue weighted by atomic mass is 9.86. The van der Waals surface area contributed by atoms with E-state index in [-0.39, 0.29) is 31.0 Å². The number of fused-ring (bicyclic) bond motifs is 2. The first-order valence-electron chi connectivity index (χ1n) is 15.9. The van der Waals surface area contributed by atoms with Crippen molar-refractivity contribution in [2.75, 3.05) is 26.9 Å². The highest BCUT2D eigenvalue weighted by Crippen LogP contribution is 2.41. The van der Waals surface area contributed by atoms with Crippen molar-refractivity contribution in [1.29, 1.82) is 0 Å². The van der Waals surface area contributed by atoms with Crippen LogP contribution in [0.4, 0.5) is 9.59 Å². The molecule has 260 valence electrons. The summed E-state index contributed by atoms with van der Waals surface area (Å²) >= 11 is 0. The van der Waals surface area contributed by atoms with Gasteiger partial charge in [-0.05, 0) is 24.0 Å². The Hall–Kier alpha value is -4.81. The zero-order valence-electron chi connectivity index (χ0n) is 29.1. The molecule has 3 amide bonds. The molecule has 2 N–H and O–H groups in total. The summed E-state index contributed by atoms with van der Waals surface area (Å²) in [6.45, 7) is 14.9. The molecule has 1 aromatic heterocycles. The number of hydrogen-bond donors (Lipinski definition) is 2. The number of H-pyrrole nitrogens is 1. The Balaban J connectivity index is 1.40. The van der Waals surface area contributed by atoms with Crippen LogP contribution in [0.3, 0.4) is 0 Å². The third-order valence-corrected chi connectivity index (χ3v) is 7.57. The molecule has 0 aliphatic carbocycles. The minimum Gasteiger partial charge on any atom is -0.493 e. The van der Waals surface area contributed by atoms with Crippen LogP contribution in [-0.4, -0.2) is 71.7 Å². The second-order valence-electron chi connectivity index (χ2n) is 14.1. The monoisotopic (exact) mass is 666 g/mol. The predicted octanol–water partition coefficient (Wildman–Crippen LogP) is 6.04. The number of aromatic nitrogens is 2. The molecular weight excluding hydrogens is 620 g/mol. The number of methoxy groups -OCH3 is 1. The molecule has 1 aliphatic heterocycles. The first-order valence-corrected chi connectivity index (χ1v) is 15.9. The van der Waals surface area contributed by atoms with Gasteiger partial charge in [0.2, 0.25) is 5.79 Å². The molecule has 3 aromatic rings. The zero-order valence-corrected chi connectivity index (χ0v) is 29.1. The number of amides is 3. The van der Waals surface area contributed by atoms with Gasteiger partial charge in [-0.2, -0.15) is 0 Å². The quantitative estimate of drug-likeness (QED) is 0.247. The predicted molar refractivity (Wildman–Crippen MR) is 179 cm³/mol. The fourth-order valence-electron chi connectivity index (χ4n) is 5.00. The second-order valence-corrected chi connectivity index (χ2v) is 14.1. The third-order valence-electron chi connectivity index (χ3n) is 7.57. The summed E-state index contributed by atoms with van der Waals surface area (Å²) in [6, 6.07) is 9.40. The van der Waals surface area contributed by atoms with E-state index in [0.29, 0.717) is 40.3 Å². The van der Waals surface area contributed by atoms with E-state index in [1.807, 2.05) is 20.8 Å². The van der Waals surface area contributed by atoms with E-state index in [2.05, 4.69) is 15.3 Å². The lowest BCUT2D eigenvalue weighted by Gasteiger charge is -2.33. The van der Waals surface area contributed by atoms with Gasteiger partial charge >= 0.3 is 12.2 Å². The van der Waals surface area contributed by atoms with Crippen LogP contribution in [0.1, 0.15) is 68.2 Å². The minimum atomic E-state index is -1.04. The number of nitrogens with one attached hydrogen (secondary N) is 2. The highest BCUT2D eigenvalue weighted by Gasteiger charge is 2.39. The number of hydrogen-bond acceptors (Lipinski definition) is 10. The van der Waals surface area contributed by atoms with E-state index >= 15 is 0 Å². The Bertz CT molecular complexity index is 1730. The molecule has 2 aromatic carbocycles. The molecule has 0 radical (unpaired) electrons. The number of alkyl carbamates (subject to hydrolysis) is 1. The average Bonchev–Trinajstić information content (AvgIpc) is 3.32. The Morgan fingerprint density at radius 1 is 1.04 bits per heavy atom. The summed E-state index contributed by atoms with van der Waals surface area (Å²) in [5.74, 6) is 0.188. The highest BCUT2D eigenvalue weighted by atomic mass is 16.7. The van der Waals surface area contributed by atoms with Gasteiger partial charge in [0.15, 0.2) is 11.5 Å². The van der Waals surface area contributed by atoms with E-state index in [4.69, 9.17) is 23.7 Å². The molecule has 0 spiro atoms. The fourth-order valence-corrected chi connectivity index (χ4v) is 5.00. The van der Waals surface area contributed by atoms with Crippen LogP contribution in [-0.2, 0) is 14.3 Å². The van der Waals surface area contributed by atoms with Gasteiger partial charge in [-0.15, -0.1) is 0 Å². The highest BCUT2D eigenvalue weighted by molar-refractivity contribution is 5.96. The number of benzene rings is 2. The van der Waals surface area contributed by atoms with Gasteiger partial charge in [-0.3, -0.25) is 9.59 Å². The van der Waals surface area contributed by atoms with Gasteiger partial charge in [-0.1, -0.05) is 60.1 Å². The number of imide groups is 1. The Morgan fingerprint density at radius 2 is 1.73 bits per heavy atom. The summed E-state index contributed by atoms with van der Waals surface area (Å²) < 4.78 is 28.0. The van der Waals surface area contributed by atoms with E-state index in [9.17, 15) is 19.2 Å². The first kappa shape index (κ1) is 36.0. The Labute approximate surface area is 280 Å². The van der Waals surface area contributed by atoms with Crippen molar-refractivity contribution >= 4 is 29.1 Å². The number of ether oxygens (including phenoxy) is 5. The Morgan fingerprint density at radius 3 is 2.38 bits per heavy atom. The molecule has 48 heavy (non-hydrogen) atoms. The fraction of sp³-hybridized carbons (Fsp3) is 0.514. The topological polar surface area (TPSA) is 158 Å². The van der Waals surface area contributed by atoms with Crippen molar-refractivity contribution in [3.05, 3.63) is 46.8 Å². The molecule has 1 atom stereocenters. The van der Waals surface area contributed by atoms with E-state index in [1.54, 1.807) is 71.0 Å². The maximum Gasteiger partial charge on any atom is 0.416 e. The average molecular weight is 667 g/mol. The van der Waals surface area contributed by atoms with E-state index in [1.165, 1.54) is 7.11 Å². The van der Waals surface area contributed by atoms with Crippen LogP contribution in [0.15, 0.2) is 41.2 Å². The van der Waals surface area contributed by atoms with Crippen molar-refractivity contribution in [2.45, 2.75) is 80.1 Å². The van der Waals surface area contributed by atoms with Crippen molar-refractivity contribution in [2.24, 2.45) is 10.8 Å². The SMILES string of the molecule is CCCCN(C(=O)OC)C(=O)[C@@H](NC(=O)OCC(C)(C)COc1cccc(-c2nc3cc4c(cc3[nH]c2=O)OC(C)(C)O4)c1)C(C)(C)C. The first-order chi connectivity index (χ1) is 22.4. The maximum atomic E-state index is 13.4. The lowest BCUT2D eigenvalue weighted by molar-refractivity contribution is -0.134. The van der Waals surface area contributed by atoms with Crippen molar-refractivity contribution < 1.29 is 38.1 Å². The molecule has 0 unspecified atom stereocenters. The van der Waals surface area contributed by atoms with Crippen LogP contribution < -0.4 is 25.1 Å². The minimum absolute atomic E-state index is 0.0288. The summed E-state index contributed by atoms with van der Waals surface area (Å²) in [4.78, 5) is 60.1. The molecule has 0 bridgehead atoms. The molecule has 13 nitrogen and oxygen atoms in total. The van der Waals surface area contributed by atoms with Crippen molar-refractivity contribution in [1.82, 2.24) is 20.2 Å².